The van der Waals surface area contributed by atoms with Gasteiger partial charge in [0.15, 0.2) is 5.78 Å². The number of benzene rings is 1. The molecule has 4 rings (SSSR count). The van der Waals surface area contributed by atoms with Crippen LogP contribution in [0, 0.1) is 29.1 Å². The number of para-hydroxylation sites is 1. The lowest BCUT2D eigenvalue weighted by Gasteiger charge is -2.43. The predicted octanol–water partition coefficient (Wildman–Crippen LogP) is 3.13. The number of aliphatic carboxylic acids is 1. The number of piperazine rings is 1. The highest BCUT2D eigenvalue weighted by molar-refractivity contribution is 6.13. The first-order chi connectivity index (χ1) is 14.1. The van der Waals surface area contributed by atoms with E-state index in [2.05, 4.69) is 24.0 Å². The molecule has 3 unspecified atom stereocenters. The Balaban J connectivity index is 1.60. The van der Waals surface area contributed by atoms with Crippen molar-refractivity contribution in [1.82, 2.24) is 4.90 Å². The Labute approximate surface area is 178 Å². The summed E-state index contributed by atoms with van der Waals surface area (Å²) in [6, 6.07) is 8.18. The Morgan fingerprint density at radius 3 is 2.27 bits per heavy atom. The number of rotatable bonds is 4. The number of fused-ring (bicyclic) bond motifs is 2. The van der Waals surface area contributed by atoms with Crippen molar-refractivity contribution >= 4 is 23.3 Å². The SMILES string of the molecule is Cc1ccccc1N1CCN(C(=O)C2(CC(=O)O)C(=O)C3(C)CCC2C3(C)C)CC1. The van der Waals surface area contributed by atoms with Crippen molar-refractivity contribution in [2.45, 2.75) is 47.0 Å². The molecule has 6 nitrogen and oxygen atoms in total. The lowest BCUT2D eigenvalue weighted by atomic mass is 9.66. The summed E-state index contributed by atoms with van der Waals surface area (Å²) < 4.78 is 0. The van der Waals surface area contributed by atoms with Crippen LogP contribution in [-0.4, -0.2) is 53.8 Å². The second kappa shape index (κ2) is 6.82. The third kappa shape index (κ3) is 2.65. The molecule has 1 heterocycles. The second-order valence-electron chi connectivity index (χ2n) is 10.1. The zero-order chi connectivity index (χ0) is 21.9. The number of carbonyl (C=O) groups excluding carboxylic acids is 2. The van der Waals surface area contributed by atoms with E-state index in [0.717, 1.165) is 18.5 Å². The molecule has 2 bridgehead atoms. The first-order valence-electron chi connectivity index (χ1n) is 10.9. The van der Waals surface area contributed by atoms with Gasteiger partial charge in [-0.05, 0) is 42.7 Å². The Morgan fingerprint density at radius 2 is 1.73 bits per heavy atom. The van der Waals surface area contributed by atoms with E-state index in [1.807, 2.05) is 32.9 Å². The van der Waals surface area contributed by atoms with Crippen LogP contribution in [0.4, 0.5) is 5.69 Å². The summed E-state index contributed by atoms with van der Waals surface area (Å²) in [5.74, 6) is -1.70. The average Bonchev–Trinajstić information content (AvgIpc) is 3.01. The molecule has 30 heavy (non-hydrogen) atoms. The van der Waals surface area contributed by atoms with Crippen molar-refractivity contribution in [2.24, 2.45) is 22.2 Å². The molecule has 3 fully saturated rings. The summed E-state index contributed by atoms with van der Waals surface area (Å²) >= 11 is 0. The standard InChI is InChI=1S/C24H32N2O4/c1-16-7-5-6-8-17(16)25-11-13-26(14-12-25)21(30)24(15-19(27)28)18-9-10-23(4,20(24)29)22(18,2)3/h5-8,18H,9-15H2,1-4H3,(H,27,28). The van der Waals surface area contributed by atoms with Crippen LogP contribution in [-0.2, 0) is 14.4 Å². The van der Waals surface area contributed by atoms with E-state index in [9.17, 15) is 19.5 Å². The molecule has 1 aromatic carbocycles. The number of carboxylic acid groups (broad SMARTS) is 1. The number of carbonyl (C=O) groups is 3. The van der Waals surface area contributed by atoms with Crippen LogP contribution in [0.3, 0.4) is 0 Å². The van der Waals surface area contributed by atoms with E-state index >= 15 is 0 Å². The molecule has 162 valence electrons. The van der Waals surface area contributed by atoms with E-state index in [1.54, 1.807) is 4.90 Å². The molecule has 3 atom stereocenters. The number of hydrogen-bond acceptors (Lipinski definition) is 4. The van der Waals surface area contributed by atoms with Gasteiger partial charge in [0.05, 0.1) is 6.42 Å². The number of Topliss-reactive ketones (excluding diaryl/α,β-unsaturated/α-hetero) is 1. The minimum atomic E-state index is -1.42. The third-order valence-corrected chi connectivity index (χ3v) is 8.56. The van der Waals surface area contributed by atoms with Crippen LogP contribution in [0.15, 0.2) is 24.3 Å². The van der Waals surface area contributed by atoms with Crippen LogP contribution in [0.25, 0.3) is 0 Å². The lowest BCUT2D eigenvalue weighted by molar-refractivity contribution is -0.161. The summed E-state index contributed by atoms with van der Waals surface area (Å²) in [7, 11) is 0. The maximum absolute atomic E-state index is 13.8. The molecule has 1 amide bonds. The van der Waals surface area contributed by atoms with Crippen molar-refractivity contribution in [2.75, 3.05) is 31.1 Å². The van der Waals surface area contributed by atoms with E-state index in [1.165, 1.54) is 5.56 Å². The molecule has 0 radical (unpaired) electrons. The Bertz CT molecular complexity index is 902. The van der Waals surface area contributed by atoms with Crippen molar-refractivity contribution < 1.29 is 19.5 Å². The van der Waals surface area contributed by atoms with Gasteiger partial charge in [-0.3, -0.25) is 14.4 Å². The summed E-state index contributed by atoms with van der Waals surface area (Å²) in [5.41, 5.74) is -0.0797. The smallest absolute Gasteiger partial charge is 0.304 e. The van der Waals surface area contributed by atoms with Crippen LogP contribution in [0.1, 0.15) is 45.6 Å². The van der Waals surface area contributed by atoms with Gasteiger partial charge in [0, 0.05) is 37.3 Å². The number of amides is 1. The van der Waals surface area contributed by atoms with Gasteiger partial charge < -0.3 is 14.9 Å². The molecular formula is C24H32N2O4. The fourth-order valence-corrected chi connectivity index (χ4v) is 6.53. The summed E-state index contributed by atoms with van der Waals surface area (Å²) in [5, 5.41) is 9.68. The molecule has 6 heteroatoms. The van der Waals surface area contributed by atoms with Crippen molar-refractivity contribution in [3.63, 3.8) is 0 Å². The molecule has 0 aromatic heterocycles. The Hall–Kier alpha value is -2.37. The second-order valence-corrected chi connectivity index (χ2v) is 10.1. The number of carboxylic acids is 1. The van der Waals surface area contributed by atoms with Gasteiger partial charge in [-0.1, -0.05) is 39.0 Å². The minimum absolute atomic E-state index is 0.148. The van der Waals surface area contributed by atoms with Gasteiger partial charge in [-0.2, -0.15) is 0 Å². The van der Waals surface area contributed by atoms with Gasteiger partial charge in [-0.15, -0.1) is 0 Å². The molecule has 1 aromatic rings. The molecule has 2 aliphatic carbocycles. The largest absolute Gasteiger partial charge is 0.481 e. The highest BCUT2D eigenvalue weighted by Gasteiger charge is 2.76. The molecule has 1 aliphatic heterocycles. The average molecular weight is 413 g/mol. The number of hydrogen-bond donors (Lipinski definition) is 1. The Kier molecular flexibility index (Phi) is 4.75. The fourth-order valence-electron chi connectivity index (χ4n) is 6.53. The molecule has 3 aliphatic rings. The van der Waals surface area contributed by atoms with E-state index in [4.69, 9.17) is 0 Å². The lowest BCUT2D eigenvalue weighted by Crippen LogP contribution is -2.58. The predicted molar refractivity (Wildman–Crippen MR) is 114 cm³/mol. The van der Waals surface area contributed by atoms with Crippen molar-refractivity contribution in [3.8, 4) is 0 Å². The van der Waals surface area contributed by atoms with Gasteiger partial charge in [0.2, 0.25) is 5.91 Å². The zero-order valence-corrected chi connectivity index (χ0v) is 18.4. The Morgan fingerprint density at radius 1 is 1.10 bits per heavy atom. The summed E-state index contributed by atoms with van der Waals surface area (Å²) in [4.78, 5) is 43.3. The molecular weight excluding hydrogens is 380 g/mol. The number of nitrogens with zero attached hydrogens (tertiary/aromatic N) is 2. The molecule has 0 spiro atoms. The number of aryl methyl sites for hydroxylation is 1. The van der Waals surface area contributed by atoms with Crippen LogP contribution < -0.4 is 4.90 Å². The van der Waals surface area contributed by atoms with Crippen molar-refractivity contribution in [1.29, 1.82) is 0 Å². The topological polar surface area (TPSA) is 77.9 Å². The van der Waals surface area contributed by atoms with Crippen LogP contribution in [0.5, 0.6) is 0 Å². The first kappa shape index (κ1) is 20.9. The molecule has 2 saturated carbocycles. The number of anilines is 1. The van der Waals surface area contributed by atoms with Gasteiger partial charge in [0.25, 0.3) is 0 Å². The number of ketones is 1. The highest BCUT2D eigenvalue weighted by Crippen LogP contribution is 2.71. The van der Waals surface area contributed by atoms with Gasteiger partial charge in [-0.25, -0.2) is 0 Å². The minimum Gasteiger partial charge on any atom is -0.481 e. The quantitative estimate of drug-likeness (QED) is 0.769. The third-order valence-electron chi connectivity index (χ3n) is 8.56. The van der Waals surface area contributed by atoms with E-state index in [-0.39, 0.29) is 23.0 Å². The van der Waals surface area contributed by atoms with Gasteiger partial charge in [0.1, 0.15) is 5.41 Å². The van der Waals surface area contributed by atoms with Crippen LogP contribution in [0.2, 0.25) is 0 Å². The zero-order valence-electron chi connectivity index (χ0n) is 18.4. The van der Waals surface area contributed by atoms with Crippen LogP contribution >= 0.6 is 0 Å². The van der Waals surface area contributed by atoms with E-state index in [0.29, 0.717) is 26.2 Å². The first-order valence-corrected chi connectivity index (χ1v) is 10.9. The maximum atomic E-state index is 13.8. The fraction of sp³-hybridized carbons (Fsp3) is 0.625. The summed E-state index contributed by atoms with van der Waals surface area (Å²) in [6.07, 6.45) is 1.07. The van der Waals surface area contributed by atoms with E-state index < -0.39 is 23.2 Å². The molecule has 1 N–H and O–H groups in total. The monoisotopic (exact) mass is 412 g/mol. The maximum Gasteiger partial charge on any atom is 0.304 e. The van der Waals surface area contributed by atoms with Gasteiger partial charge >= 0.3 is 5.97 Å². The highest BCUT2D eigenvalue weighted by atomic mass is 16.4. The normalized spacial score (nSPS) is 32.5. The van der Waals surface area contributed by atoms with Crippen molar-refractivity contribution in [3.05, 3.63) is 29.8 Å². The molecule has 1 saturated heterocycles. The summed E-state index contributed by atoms with van der Waals surface area (Å²) in [6.45, 7) is 10.5.